The van der Waals surface area contributed by atoms with Crippen molar-refractivity contribution in [3.63, 3.8) is 0 Å². The van der Waals surface area contributed by atoms with Gasteiger partial charge in [0.1, 0.15) is 5.82 Å². The number of benzene rings is 2. The van der Waals surface area contributed by atoms with Gasteiger partial charge in [0.15, 0.2) is 0 Å². The number of anilines is 1. The molecule has 140 valence electrons. The first kappa shape index (κ1) is 18.7. The largest absolute Gasteiger partial charge is 0.417 e. The summed E-state index contributed by atoms with van der Waals surface area (Å²) >= 11 is 0. The van der Waals surface area contributed by atoms with E-state index in [1.807, 2.05) is 0 Å². The molecule has 2 aromatic rings. The van der Waals surface area contributed by atoms with E-state index in [0.29, 0.717) is 42.6 Å². The smallest absolute Gasteiger partial charge is 0.399 e. The van der Waals surface area contributed by atoms with Crippen molar-refractivity contribution in [2.24, 2.45) is 0 Å². The summed E-state index contributed by atoms with van der Waals surface area (Å²) in [6, 6.07) is 5.86. The molecular weight excluding hydrogens is 372 g/mol. The first-order valence-electron chi connectivity index (χ1n) is 7.85. The van der Waals surface area contributed by atoms with Gasteiger partial charge in [-0.1, -0.05) is 6.07 Å². The van der Waals surface area contributed by atoms with Crippen LogP contribution in [0.5, 0.6) is 0 Å². The molecule has 0 saturated heterocycles. The molecule has 0 spiro atoms. The minimum Gasteiger partial charge on any atom is -0.399 e. The van der Waals surface area contributed by atoms with E-state index < -0.39 is 38.5 Å². The number of alkyl halides is 3. The monoisotopic (exact) mass is 388 g/mol. The summed E-state index contributed by atoms with van der Waals surface area (Å²) in [4.78, 5) is -0.992. The van der Waals surface area contributed by atoms with Crippen LogP contribution in [0.3, 0.4) is 0 Å². The number of halogens is 4. The molecule has 1 aliphatic carbocycles. The third-order valence-electron chi connectivity index (χ3n) is 4.32. The molecule has 9 heteroatoms. The molecule has 0 heterocycles. The number of nitrogen functional groups attached to an aromatic ring is 1. The topological polar surface area (TPSA) is 72.2 Å². The zero-order valence-electron chi connectivity index (χ0n) is 13.5. The standard InChI is InChI=1S/C17H16F4N2O2S/c18-11-4-7-16(14(9-11)17(19,20)21)26(24,25)23-15-3-1-2-10-8-12(22)5-6-13(10)15/h4-9,15,23H,1-3,22H2. The SMILES string of the molecule is Nc1ccc2c(c1)CCCC2NS(=O)(=O)c1ccc(F)cc1C(F)(F)F. The second kappa shape index (κ2) is 6.55. The molecule has 2 aromatic carbocycles. The average molecular weight is 388 g/mol. The molecule has 0 aromatic heterocycles. The summed E-state index contributed by atoms with van der Waals surface area (Å²) in [7, 11) is -4.51. The Morgan fingerprint density at radius 1 is 1.12 bits per heavy atom. The molecule has 0 fully saturated rings. The zero-order chi connectivity index (χ0) is 19.1. The molecule has 1 atom stereocenters. The minimum atomic E-state index is -4.99. The number of nitrogens with two attached hydrogens (primary N) is 1. The molecule has 0 radical (unpaired) electrons. The van der Waals surface area contributed by atoms with Gasteiger partial charge in [-0.2, -0.15) is 13.2 Å². The van der Waals surface area contributed by atoms with Crippen LogP contribution in [-0.2, 0) is 22.6 Å². The summed E-state index contributed by atoms with van der Waals surface area (Å²) < 4.78 is 80.2. The molecule has 0 aliphatic heterocycles. The molecule has 0 amide bonds. The maximum absolute atomic E-state index is 13.2. The highest BCUT2D eigenvalue weighted by molar-refractivity contribution is 7.89. The second-order valence-corrected chi connectivity index (χ2v) is 7.84. The van der Waals surface area contributed by atoms with E-state index in [9.17, 15) is 26.0 Å². The number of rotatable bonds is 3. The fourth-order valence-electron chi connectivity index (χ4n) is 3.17. The summed E-state index contributed by atoms with van der Waals surface area (Å²) in [5, 5.41) is 0. The minimum absolute atomic E-state index is 0.185. The molecule has 0 saturated carbocycles. The van der Waals surface area contributed by atoms with Crippen molar-refractivity contribution in [2.75, 3.05) is 5.73 Å². The van der Waals surface area contributed by atoms with Gasteiger partial charge in [-0.3, -0.25) is 0 Å². The van der Waals surface area contributed by atoms with Gasteiger partial charge >= 0.3 is 6.18 Å². The molecule has 1 aliphatic rings. The maximum atomic E-state index is 13.2. The molecular formula is C17H16F4N2O2S. The van der Waals surface area contributed by atoms with E-state index in [1.165, 1.54) is 0 Å². The van der Waals surface area contributed by atoms with Crippen LogP contribution in [0.2, 0.25) is 0 Å². The predicted octanol–water partition coefficient (Wildman–Crippen LogP) is 3.78. The maximum Gasteiger partial charge on any atom is 0.417 e. The second-order valence-electron chi connectivity index (χ2n) is 6.16. The molecule has 3 rings (SSSR count). The van der Waals surface area contributed by atoms with Crippen LogP contribution in [-0.4, -0.2) is 8.42 Å². The van der Waals surface area contributed by atoms with Crippen molar-refractivity contribution in [3.8, 4) is 0 Å². The van der Waals surface area contributed by atoms with Gasteiger partial charge in [-0.05, 0) is 60.7 Å². The van der Waals surface area contributed by atoms with E-state index in [-0.39, 0.29) is 6.07 Å². The first-order valence-corrected chi connectivity index (χ1v) is 9.33. The number of hydrogen-bond acceptors (Lipinski definition) is 3. The van der Waals surface area contributed by atoms with Crippen LogP contribution in [0, 0.1) is 5.82 Å². The van der Waals surface area contributed by atoms with E-state index in [0.717, 1.165) is 5.56 Å². The lowest BCUT2D eigenvalue weighted by Crippen LogP contribution is -2.32. The van der Waals surface area contributed by atoms with Crippen molar-refractivity contribution in [1.29, 1.82) is 0 Å². The lowest BCUT2D eigenvalue weighted by atomic mass is 9.88. The Bertz CT molecular complexity index is 942. The van der Waals surface area contributed by atoms with Crippen molar-refractivity contribution >= 4 is 15.7 Å². The van der Waals surface area contributed by atoms with Gasteiger partial charge in [0.05, 0.1) is 10.5 Å². The fourth-order valence-corrected chi connectivity index (χ4v) is 4.62. The van der Waals surface area contributed by atoms with Crippen LogP contribution in [0.4, 0.5) is 23.2 Å². The van der Waals surface area contributed by atoms with Crippen LogP contribution in [0.15, 0.2) is 41.3 Å². The molecule has 3 N–H and O–H groups in total. The van der Waals surface area contributed by atoms with Gasteiger partial charge in [-0.15, -0.1) is 0 Å². The first-order chi connectivity index (χ1) is 12.1. The highest BCUT2D eigenvalue weighted by Crippen LogP contribution is 2.36. The van der Waals surface area contributed by atoms with Crippen LogP contribution in [0.1, 0.15) is 35.6 Å². The van der Waals surface area contributed by atoms with Crippen LogP contribution in [0.25, 0.3) is 0 Å². The fraction of sp³-hybridized carbons (Fsp3) is 0.294. The van der Waals surface area contributed by atoms with Crippen molar-refractivity contribution in [1.82, 2.24) is 4.72 Å². The average Bonchev–Trinajstić information content (AvgIpc) is 2.53. The normalized spacial score (nSPS) is 17.8. The van der Waals surface area contributed by atoms with Crippen LogP contribution >= 0.6 is 0 Å². The summed E-state index contributed by atoms with van der Waals surface area (Å²) in [5.74, 6) is -1.16. The Morgan fingerprint density at radius 3 is 2.54 bits per heavy atom. The number of fused-ring (bicyclic) bond motifs is 1. The zero-order valence-corrected chi connectivity index (χ0v) is 14.3. The lowest BCUT2D eigenvalue weighted by molar-refractivity contribution is -0.140. The number of aryl methyl sites for hydroxylation is 1. The van der Waals surface area contributed by atoms with Gasteiger partial charge in [0.25, 0.3) is 0 Å². The third-order valence-corrected chi connectivity index (χ3v) is 5.85. The Hall–Kier alpha value is -2.13. The van der Waals surface area contributed by atoms with E-state index in [2.05, 4.69) is 4.72 Å². The highest BCUT2D eigenvalue weighted by Gasteiger charge is 2.38. The predicted molar refractivity (Wildman–Crippen MR) is 88.3 cm³/mol. The van der Waals surface area contributed by atoms with Crippen molar-refractivity contribution in [3.05, 3.63) is 58.9 Å². The number of hydrogen-bond donors (Lipinski definition) is 2. The lowest BCUT2D eigenvalue weighted by Gasteiger charge is -2.27. The number of sulfonamides is 1. The van der Waals surface area contributed by atoms with Gasteiger partial charge in [0.2, 0.25) is 10.0 Å². The quantitative estimate of drug-likeness (QED) is 0.621. The van der Waals surface area contributed by atoms with E-state index in [1.54, 1.807) is 18.2 Å². The molecule has 4 nitrogen and oxygen atoms in total. The summed E-state index contributed by atoms with van der Waals surface area (Å²) in [6.45, 7) is 0. The molecule has 1 unspecified atom stereocenters. The summed E-state index contributed by atoms with van der Waals surface area (Å²) in [5.41, 5.74) is 6.28. The molecule has 0 bridgehead atoms. The Labute approximate surface area is 148 Å². The van der Waals surface area contributed by atoms with E-state index in [4.69, 9.17) is 5.73 Å². The van der Waals surface area contributed by atoms with Gasteiger partial charge in [0, 0.05) is 11.7 Å². The molecule has 26 heavy (non-hydrogen) atoms. The van der Waals surface area contributed by atoms with Crippen molar-refractivity contribution in [2.45, 2.75) is 36.4 Å². The van der Waals surface area contributed by atoms with Crippen LogP contribution < -0.4 is 10.5 Å². The Morgan fingerprint density at radius 2 is 1.85 bits per heavy atom. The van der Waals surface area contributed by atoms with Gasteiger partial charge in [-0.25, -0.2) is 17.5 Å². The van der Waals surface area contributed by atoms with E-state index >= 15 is 0 Å². The third kappa shape index (κ3) is 3.68. The Balaban J connectivity index is 2.00. The van der Waals surface area contributed by atoms with Gasteiger partial charge < -0.3 is 5.73 Å². The summed E-state index contributed by atoms with van der Waals surface area (Å²) in [6.07, 6.45) is -3.17. The van der Waals surface area contributed by atoms with Crippen molar-refractivity contribution < 1.29 is 26.0 Å². The number of nitrogens with one attached hydrogen (secondary N) is 1. The Kier molecular flexibility index (Phi) is 4.70. The highest BCUT2D eigenvalue weighted by atomic mass is 32.2.